The first kappa shape index (κ1) is 26.7. The third-order valence-electron chi connectivity index (χ3n) is 7.44. The van der Waals surface area contributed by atoms with Crippen LogP contribution in [-0.4, -0.2) is 53.1 Å². The number of carbonyl (C=O) groups excluding carboxylic acids is 1. The van der Waals surface area contributed by atoms with Gasteiger partial charge < -0.3 is 10.2 Å². The maximum atomic E-state index is 13.7. The average Bonchev–Trinajstić information content (AvgIpc) is 3.76. The molecule has 0 aliphatic carbocycles. The van der Waals surface area contributed by atoms with E-state index in [1.807, 2.05) is 53.4 Å². The fourth-order valence-electron chi connectivity index (χ4n) is 5.41. The monoisotopic (exact) mass is 571 g/mol. The number of carbonyl (C=O) groups is 1. The van der Waals surface area contributed by atoms with Crippen molar-refractivity contribution in [2.75, 3.05) is 16.8 Å². The Balaban J connectivity index is 1.37. The lowest BCUT2D eigenvalue weighted by Gasteiger charge is -2.29. The lowest BCUT2D eigenvalue weighted by atomic mass is 10.1. The second-order valence-electron chi connectivity index (χ2n) is 10.1. The van der Waals surface area contributed by atoms with E-state index in [1.165, 1.54) is 0 Å². The Bertz CT molecular complexity index is 1730. The number of hydrogen-bond acceptors (Lipinski definition) is 7. The molecule has 0 unspecified atom stereocenters. The van der Waals surface area contributed by atoms with Crippen LogP contribution in [0.2, 0.25) is 5.02 Å². The van der Waals surface area contributed by atoms with Crippen LogP contribution in [0.3, 0.4) is 0 Å². The summed E-state index contributed by atoms with van der Waals surface area (Å²) in [6, 6.07) is 15.9. The number of unbranched alkanes of at least 4 members (excludes halogenated alkanes) is 2. The number of nitrogens with zero attached hydrogens (tertiary/aromatic N) is 7. The van der Waals surface area contributed by atoms with E-state index in [-0.39, 0.29) is 11.5 Å². The van der Waals surface area contributed by atoms with E-state index in [1.54, 1.807) is 16.7 Å². The van der Waals surface area contributed by atoms with Gasteiger partial charge >= 0.3 is 0 Å². The van der Waals surface area contributed by atoms with Crippen molar-refractivity contribution in [2.45, 2.75) is 51.6 Å². The number of rotatable bonds is 9. The molecule has 4 heterocycles. The Morgan fingerprint density at radius 2 is 1.98 bits per heavy atom. The molecule has 0 spiro atoms. The lowest BCUT2D eigenvalue weighted by Crippen LogP contribution is -2.42. The van der Waals surface area contributed by atoms with Gasteiger partial charge in [0.2, 0.25) is 17.5 Å². The first-order valence-electron chi connectivity index (χ1n) is 13.8. The number of hydrogen-bond donors (Lipinski definition) is 2. The van der Waals surface area contributed by atoms with Crippen molar-refractivity contribution in [3.05, 3.63) is 76.2 Å². The average molecular weight is 572 g/mol. The van der Waals surface area contributed by atoms with Crippen LogP contribution in [0.25, 0.3) is 28.4 Å². The minimum absolute atomic E-state index is 0.156. The fraction of sp³-hybridized carbons (Fsp3) is 0.310. The second kappa shape index (κ2) is 11.5. The van der Waals surface area contributed by atoms with Crippen LogP contribution >= 0.6 is 11.6 Å². The highest BCUT2D eigenvalue weighted by Gasteiger charge is 2.33. The van der Waals surface area contributed by atoms with Crippen molar-refractivity contribution in [2.24, 2.45) is 0 Å². The maximum absolute atomic E-state index is 13.7. The number of aromatic nitrogens is 7. The van der Waals surface area contributed by atoms with Gasteiger partial charge in [-0.2, -0.15) is 5.21 Å². The van der Waals surface area contributed by atoms with Crippen LogP contribution < -0.4 is 15.8 Å². The first-order chi connectivity index (χ1) is 20.0. The molecular weight excluding hydrogens is 542 g/mol. The largest absolute Gasteiger partial charge is 0.346 e. The molecular formula is C29H30ClN9O2. The summed E-state index contributed by atoms with van der Waals surface area (Å²) in [5, 5.41) is 17.9. The van der Waals surface area contributed by atoms with Crippen LogP contribution in [0, 0.1) is 0 Å². The molecule has 5 aromatic rings. The van der Waals surface area contributed by atoms with Gasteiger partial charge in [-0.25, -0.2) is 4.98 Å². The third kappa shape index (κ3) is 5.32. The van der Waals surface area contributed by atoms with Crippen molar-refractivity contribution in [1.29, 1.82) is 0 Å². The summed E-state index contributed by atoms with van der Waals surface area (Å²) in [4.78, 5) is 34.1. The van der Waals surface area contributed by atoms with Gasteiger partial charge in [-0.3, -0.25) is 18.6 Å². The highest BCUT2D eigenvalue weighted by molar-refractivity contribution is 6.30. The van der Waals surface area contributed by atoms with Gasteiger partial charge in [0.25, 0.3) is 5.56 Å². The molecule has 0 radical (unpaired) electrons. The van der Waals surface area contributed by atoms with E-state index in [0.717, 1.165) is 31.2 Å². The van der Waals surface area contributed by atoms with Gasteiger partial charge in [0.05, 0.1) is 11.4 Å². The van der Waals surface area contributed by atoms with Crippen molar-refractivity contribution >= 4 is 34.8 Å². The normalized spacial score (nSPS) is 15.1. The van der Waals surface area contributed by atoms with E-state index in [9.17, 15) is 9.59 Å². The summed E-state index contributed by atoms with van der Waals surface area (Å²) < 4.78 is 3.67. The molecule has 1 saturated heterocycles. The van der Waals surface area contributed by atoms with Crippen LogP contribution in [0.15, 0.2) is 65.6 Å². The number of fused-ring (bicyclic) bond motifs is 1. The molecule has 1 aliphatic rings. The molecule has 1 amide bonds. The maximum Gasteiger partial charge on any atom is 0.261 e. The quantitative estimate of drug-likeness (QED) is 0.243. The molecule has 6 rings (SSSR count). The standard InChI is InChI=1S/C29H30ClN9O2/c1-2-3-6-15-38-25(17-26(40)39-18-23(32-29(38)39)19-11-13-20(30)14-12-19)37-16-7-10-24(37)28(41)31-22-9-5-4-8-21(22)27-33-35-36-34-27/h4-5,8-9,11-14,17-18,24H,2-3,6-7,10,15-16H2,1H3,(H,31,41)(H,33,34,35,36)/t24-/m0/s1. The number of halogens is 1. The minimum Gasteiger partial charge on any atom is -0.346 e. The summed E-state index contributed by atoms with van der Waals surface area (Å²) in [5.74, 6) is 1.50. The summed E-state index contributed by atoms with van der Waals surface area (Å²) in [6.45, 7) is 3.48. The van der Waals surface area contributed by atoms with Crippen LogP contribution in [0.5, 0.6) is 0 Å². The van der Waals surface area contributed by atoms with Gasteiger partial charge in [0, 0.05) is 41.5 Å². The molecule has 3 aromatic heterocycles. The first-order valence-corrected chi connectivity index (χ1v) is 14.2. The number of aryl methyl sites for hydroxylation is 1. The number of aromatic amines is 1. The summed E-state index contributed by atoms with van der Waals surface area (Å²) in [5.41, 5.74) is 2.64. The molecule has 210 valence electrons. The number of anilines is 2. The van der Waals surface area contributed by atoms with Crippen molar-refractivity contribution in [3.63, 3.8) is 0 Å². The zero-order valence-electron chi connectivity index (χ0n) is 22.6. The third-order valence-corrected chi connectivity index (χ3v) is 7.69. The molecule has 1 fully saturated rings. The molecule has 12 heteroatoms. The smallest absolute Gasteiger partial charge is 0.261 e. The van der Waals surface area contributed by atoms with E-state index < -0.39 is 6.04 Å². The van der Waals surface area contributed by atoms with Crippen LogP contribution in [0.1, 0.15) is 39.0 Å². The number of H-pyrrole nitrogens is 1. The SMILES string of the molecule is CCCCCn1c(N2CCC[C@H]2C(=O)Nc2ccccc2-c2nn[nH]n2)cc(=O)n2cc(-c3ccc(Cl)cc3)nc12. The Morgan fingerprint density at radius 1 is 1.15 bits per heavy atom. The van der Waals surface area contributed by atoms with Crippen LogP contribution in [-0.2, 0) is 11.3 Å². The Morgan fingerprint density at radius 3 is 2.76 bits per heavy atom. The molecule has 2 N–H and O–H groups in total. The minimum atomic E-state index is -0.460. The van der Waals surface area contributed by atoms with Gasteiger partial charge in [0.1, 0.15) is 11.9 Å². The van der Waals surface area contributed by atoms with E-state index >= 15 is 0 Å². The van der Waals surface area contributed by atoms with E-state index in [2.05, 4.69) is 37.4 Å². The number of tetrazole rings is 1. The predicted octanol–water partition coefficient (Wildman–Crippen LogP) is 4.79. The van der Waals surface area contributed by atoms with Crippen molar-refractivity contribution < 1.29 is 4.79 Å². The molecule has 2 aromatic carbocycles. The lowest BCUT2D eigenvalue weighted by molar-refractivity contribution is -0.117. The zero-order chi connectivity index (χ0) is 28.3. The van der Waals surface area contributed by atoms with E-state index in [0.29, 0.717) is 58.9 Å². The molecule has 0 saturated carbocycles. The number of imidazole rings is 1. The van der Waals surface area contributed by atoms with Gasteiger partial charge in [-0.1, -0.05) is 55.6 Å². The number of nitrogens with one attached hydrogen (secondary N) is 2. The molecule has 11 nitrogen and oxygen atoms in total. The highest BCUT2D eigenvalue weighted by Crippen LogP contribution is 2.30. The highest BCUT2D eigenvalue weighted by atomic mass is 35.5. The van der Waals surface area contributed by atoms with Gasteiger partial charge in [0.15, 0.2) is 0 Å². The number of benzene rings is 2. The topological polar surface area (TPSA) is 126 Å². The number of para-hydroxylation sites is 1. The number of amides is 1. The van der Waals surface area contributed by atoms with Crippen molar-refractivity contribution in [3.8, 4) is 22.6 Å². The Labute approximate surface area is 241 Å². The molecule has 1 aliphatic heterocycles. The fourth-order valence-corrected chi connectivity index (χ4v) is 5.53. The second-order valence-corrected chi connectivity index (χ2v) is 10.6. The van der Waals surface area contributed by atoms with E-state index in [4.69, 9.17) is 16.6 Å². The summed E-state index contributed by atoms with van der Waals surface area (Å²) in [6.07, 6.45) is 6.28. The van der Waals surface area contributed by atoms with Gasteiger partial charge in [-0.15, -0.1) is 10.2 Å². The predicted molar refractivity (Wildman–Crippen MR) is 158 cm³/mol. The van der Waals surface area contributed by atoms with Gasteiger partial charge in [-0.05, 0) is 48.7 Å². The van der Waals surface area contributed by atoms with Crippen molar-refractivity contribution in [1.82, 2.24) is 34.6 Å². The summed E-state index contributed by atoms with van der Waals surface area (Å²) >= 11 is 6.09. The molecule has 0 bridgehead atoms. The molecule has 1 atom stereocenters. The Hall–Kier alpha value is -4.51. The van der Waals surface area contributed by atoms with Crippen LogP contribution in [0.4, 0.5) is 11.5 Å². The summed E-state index contributed by atoms with van der Waals surface area (Å²) in [7, 11) is 0. The Kier molecular flexibility index (Phi) is 7.51. The zero-order valence-corrected chi connectivity index (χ0v) is 23.4. The molecule has 41 heavy (non-hydrogen) atoms.